The van der Waals surface area contributed by atoms with Crippen LogP contribution in [0.25, 0.3) is 6.08 Å². The Morgan fingerprint density at radius 1 is 1.10 bits per heavy atom. The highest BCUT2D eigenvalue weighted by molar-refractivity contribution is 6.09. The van der Waals surface area contributed by atoms with Crippen LogP contribution in [0.15, 0.2) is 43.0 Å². The van der Waals surface area contributed by atoms with Crippen molar-refractivity contribution in [3.63, 3.8) is 0 Å². The van der Waals surface area contributed by atoms with Crippen molar-refractivity contribution in [2.45, 2.75) is 33.5 Å². The number of hydrogen-bond donors (Lipinski definition) is 1. The Kier molecular flexibility index (Phi) is 5.13. The molecule has 0 aliphatic carbocycles. The number of rotatable bonds is 4. The van der Waals surface area contributed by atoms with E-state index < -0.39 is 11.8 Å². The van der Waals surface area contributed by atoms with Gasteiger partial charge in [-0.3, -0.25) is 4.79 Å². The lowest BCUT2D eigenvalue weighted by atomic mass is 9.87. The lowest BCUT2D eigenvalue weighted by Crippen LogP contribution is -2.47. The molecule has 0 aromatic heterocycles. The summed E-state index contributed by atoms with van der Waals surface area (Å²) in [6.07, 6.45) is 1.70. The fourth-order valence-electron chi connectivity index (χ4n) is 2.85. The van der Waals surface area contributed by atoms with Crippen molar-refractivity contribution in [3.8, 4) is 11.5 Å². The van der Waals surface area contributed by atoms with Crippen LogP contribution in [0.4, 0.5) is 5.69 Å². The van der Waals surface area contributed by atoms with Gasteiger partial charge in [0.2, 0.25) is 0 Å². The molecule has 1 unspecified atom stereocenters. The van der Waals surface area contributed by atoms with Crippen LogP contribution in [0.2, 0.25) is 0 Å². The van der Waals surface area contributed by atoms with Gasteiger partial charge in [0.05, 0.1) is 12.8 Å². The molecule has 0 saturated carbocycles. The van der Waals surface area contributed by atoms with Gasteiger partial charge in [-0.25, -0.2) is 4.79 Å². The fraction of sp³-hybridized carbons (Fsp3) is 0.304. The van der Waals surface area contributed by atoms with Gasteiger partial charge >= 0.3 is 5.97 Å². The summed E-state index contributed by atoms with van der Waals surface area (Å²) >= 11 is 0. The molecule has 1 heterocycles. The Bertz CT molecular complexity index is 972. The largest absolute Gasteiger partial charge is 0.465 e. The predicted octanol–water partition coefficient (Wildman–Crippen LogP) is 4.90. The highest BCUT2D eigenvalue weighted by Gasteiger charge is 2.49. The average molecular weight is 395 g/mol. The van der Waals surface area contributed by atoms with E-state index in [2.05, 4.69) is 11.9 Å². The molecule has 1 aliphatic heterocycles. The second kappa shape index (κ2) is 7.28. The van der Waals surface area contributed by atoms with Crippen LogP contribution in [0, 0.1) is 5.41 Å². The molecule has 0 spiro atoms. The molecule has 2 aromatic carbocycles. The zero-order chi connectivity index (χ0) is 21.4. The van der Waals surface area contributed by atoms with E-state index in [1.54, 1.807) is 42.5 Å². The number of benzene rings is 2. The minimum Gasteiger partial charge on any atom is -0.465 e. The first-order chi connectivity index (χ1) is 13.6. The molecule has 0 fully saturated rings. The Hall–Kier alpha value is -3.28. The maximum atomic E-state index is 12.7. The minimum absolute atomic E-state index is 0.119. The summed E-state index contributed by atoms with van der Waals surface area (Å²) in [5.41, 5.74) is 1.39. The molecule has 1 atom stereocenters. The van der Waals surface area contributed by atoms with Crippen molar-refractivity contribution < 1.29 is 23.8 Å². The Balaban J connectivity index is 1.98. The highest BCUT2D eigenvalue weighted by Crippen LogP contribution is 2.50. The molecule has 0 radical (unpaired) electrons. The number of amides is 1. The van der Waals surface area contributed by atoms with E-state index in [-0.39, 0.29) is 28.3 Å². The minimum atomic E-state index is -0.971. The topological polar surface area (TPSA) is 73.9 Å². The van der Waals surface area contributed by atoms with E-state index in [1.165, 1.54) is 7.11 Å². The number of anilines is 1. The van der Waals surface area contributed by atoms with E-state index in [1.807, 2.05) is 27.7 Å². The SMILES string of the molecule is C=Cc1ccc(C(=O)Nc2ccc3c(c2C(=O)OC)OC(C)(C(C)(C)C)O3)cc1. The van der Waals surface area contributed by atoms with Gasteiger partial charge in [-0.1, -0.05) is 45.6 Å². The van der Waals surface area contributed by atoms with Gasteiger partial charge in [-0.15, -0.1) is 0 Å². The summed E-state index contributed by atoms with van der Waals surface area (Å²) in [6.45, 7) is 11.4. The lowest BCUT2D eigenvalue weighted by molar-refractivity contribution is -0.142. The van der Waals surface area contributed by atoms with Crippen LogP contribution >= 0.6 is 0 Å². The summed E-state index contributed by atoms with van der Waals surface area (Å²) in [6, 6.07) is 10.2. The molecule has 29 heavy (non-hydrogen) atoms. The second-order valence-electron chi connectivity index (χ2n) is 7.99. The van der Waals surface area contributed by atoms with E-state index >= 15 is 0 Å². The third kappa shape index (κ3) is 3.70. The van der Waals surface area contributed by atoms with Gasteiger partial charge in [-0.05, 0) is 29.8 Å². The summed E-state index contributed by atoms with van der Waals surface area (Å²) in [5.74, 6) is -1.27. The van der Waals surface area contributed by atoms with Crippen molar-refractivity contribution in [1.82, 2.24) is 0 Å². The van der Waals surface area contributed by atoms with E-state index in [0.717, 1.165) is 5.56 Å². The first kappa shape index (κ1) is 20.5. The number of ether oxygens (including phenoxy) is 3. The molecule has 6 heteroatoms. The first-order valence-corrected chi connectivity index (χ1v) is 9.27. The van der Waals surface area contributed by atoms with Crippen LogP contribution in [0.5, 0.6) is 11.5 Å². The van der Waals surface area contributed by atoms with Gasteiger partial charge in [0.15, 0.2) is 11.5 Å². The number of methoxy groups -OCH3 is 1. The number of nitrogens with one attached hydrogen (secondary N) is 1. The number of hydrogen-bond acceptors (Lipinski definition) is 5. The Morgan fingerprint density at radius 3 is 2.31 bits per heavy atom. The van der Waals surface area contributed by atoms with Crippen molar-refractivity contribution in [2.24, 2.45) is 5.41 Å². The number of esters is 1. The van der Waals surface area contributed by atoms with Crippen LogP contribution in [0.1, 0.15) is 54.0 Å². The van der Waals surface area contributed by atoms with Crippen LogP contribution < -0.4 is 14.8 Å². The third-order valence-corrected chi connectivity index (χ3v) is 5.13. The molecule has 6 nitrogen and oxygen atoms in total. The number of fused-ring (bicyclic) bond motifs is 1. The summed E-state index contributed by atoms with van der Waals surface area (Å²) in [4.78, 5) is 25.2. The van der Waals surface area contributed by atoms with E-state index in [0.29, 0.717) is 11.3 Å². The van der Waals surface area contributed by atoms with Gasteiger partial charge in [0.25, 0.3) is 11.7 Å². The van der Waals surface area contributed by atoms with Crippen LogP contribution in [-0.4, -0.2) is 24.8 Å². The molecule has 1 aliphatic rings. The average Bonchev–Trinajstić information content (AvgIpc) is 3.05. The summed E-state index contributed by atoms with van der Waals surface area (Å²) in [5, 5.41) is 2.77. The van der Waals surface area contributed by atoms with Crippen LogP contribution in [-0.2, 0) is 4.74 Å². The molecule has 0 bridgehead atoms. The Morgan fingerprint density at radius 2 is 1.76 bits per heavy atom. The van der Waals surface area contributed by atoms with Crippen molar-refractivity contribution in [1.29, 1.82) is 0 Å². The van der Waals surface area contributed by atoms with Crippen molar-refractivity contribution in [3.05, 3.63) is 59.7 Å². The first-order valence-electron chi connectivity index (χ1n) is 9.27. The highest BCUT2D eigenvalue weighted by atomic mass is 16.7. The van der Waals surface area contributed by atoms with Crippen molar-refractivity contribution >= 4 is 23.6 Å². The van der Waals surface area contributed by atoms with E-state index in [4.69, 9.17) is 14.2 Å². The van der Waals surface area contributed by atoms with Crippen LogP contribution in [0.3, 0.4) is 0 Å². The quantitative estimate of drug-likeness (QED) is 0.745. The zero-order valence-corrected chi connectivity index (χ0v) is 17.3. The van der Waals surface area contributed by atoms with Gasteiger partial charge in [0.1, 0.15) is 5.56 Å². The normalized spacial score (nSPS) is 17.6. The smallest absolute Gasteiger partial charge is 0.343 e. The maximum Gasteiger partial charge on any atom is 0.343 e. The monoisotopic (exact) mass is 395 g/mol. The molecular formula is C23H25NO5. The molecular weight excluding hydrogens is 370 g/mol. The molecule has 0 saturated heterocycles. The predicted molar refractivity (Wildman–Crippen MR) is 111 cm³/mol. The zero-order valence-electron chi connectivity index (χ0n) is 17.3. The molecule has 2 aromatic rings. The molecule has 152 valence electrons. The van der Waals surface area contributed by atoms with Crippen molar-refractivity contribution in [2.75, 3.05) is 12.4 Å². The molecule has 1 amide bonds. The van der Waals surface area contributed by atoms with Gasteiger partial charge < -0.3 is 19.5 Å². The lowest BCUT2D eigenvalue weighted by Gasteiger charge is -2.35. The summed E-state index contributed by atoms with van der Waals surface area (Å²) < 4.78 is 17.0. The van der Waals surface area contributed by atoms with Gasteiger partial charge in [-0.2, -0.15) is 0 Å². The second-order valence-corrected chi connectivity index (χ2v) is 7.99. The van der Waals surface area contributed by atoms with E-state index in [9.17, 15) is 9.59 Å². The molecule has 3 rings (SSSR count). The standard InChI is InChI=1S/C23H25NO5/c1-7-14-8-10-15(11-9-14)20(25)24-16-12-13-17-19(18(16)21(26)27-6)29-23(5,28-17)22(2,3)4/h7-13H,1H2,2-6H3,(H,24,25). The number of carbonyl (C=O) groups is 2. The third-order valence-electron chi connectivity index (χ3n) is 5.13. The fourth-order valence-corrected chi connectivity index (χ4v) is 2.85. The number of carbonyl (C=O) groups excluding carboxylic acids is 2. The Labute approximate surface area is 170 Å². The van der Waals surface area contributed by atoms with Gasteiger partial charge in [0, 0.05) is 17.9 Å². The summed E-state index contributed by atoms with van der Waals surface area (Å²) in [7, 11) is 1.28. The maximum absolute atomic E-state index is 12.7. The molecule has 1 N–H and O–H groups in total.